The van der Waals surface area contributed by atoms with Gasteiger partial charge in [0.2, 0.25) is 5.52 Å². The predicted molar refractivity (Wildman–Crippen MR) is 115 cm³/mol. The average molecular weight is 368 g/mol. The lowest BCUT2D eigenvalue weighted by molar-refractivity contribution is -0.644. The Morgan fingerprint density at radius 2 is 1.80 bits per heavy atom. The molecule has 0 aliphatic heterocycles. The molecule has 0 unspecified atom stereocenters. The highest BCUT2D eigenvalue weighted by Gasteiger charge is 2.06. The third kappa shape index (κ3) is 4.39. The van der Waals surface area contributed by atoms with Gasteiger partial charge in [0.25, 0.3) is 0 Å². The summed E-state index contributed by atoms with van der Waals surface area (Å²) in [4.78, 5) is 2.25. The van der Waals surface area contributed by atoms with E-state index < -0.39 is 0 Å². The van der Waals surface area contributed by atoms with Crippen LogP contribution < -0.4 is 9.47 Å². The molecule has 128 valence electrons. The standard InChI is InChI=1S/C21H22N2S2/c1-22(15-16-25-24)19-11-8-17(9-12-19)7-10-18-13-14-23(2)21-6-4-3-5-20(18)21/h3-14H,15-16H2,1-2H3/p+1. The third-order valence-electron chi connectivity index (χ3n) is 4.38. The van der Waals surface area contributed by atoms with Crippen molar-refractivity contribution in [2.75, 3.05) is 24.2 Å². The highest BCUT2D eigenvalue weighted by atomic mass is 33.1. The van der Waals surface area contributed by atoms with Crippen LogP contribution >= 0.6 is 22.5 Å². The van der Waals surface area contributed by atoms with Gasteiger partial charge in [-0.3, -0.25) is 0 Å². The van der Waals surface area contributed by atoms with Gasteiger partial charge in [-0.25, -0.2) is 4.57 Å². The van der Waals surface area contributed by atoms with Crippen molar-refractivity contribution in [2.24, 2.45) is 7.05 Å². The fourth-order valence-corrected chi connectivity index (χ4v) is 3.47. The first kappa shape index (κ1) is 17.9. The molecular formula is C21H23N2S2+. The normalized spacial score (nSPS) is 11.3. The highest BCUT2D eigenvalue weighted by molar-refractivity contribution is 8.68. The van der Waals surface area contributed by atoms with Crippen molar-refractivity contribution in [3.63, 3.8) is 0 Å². The van der Waals surface area contributed by atoms with E-state index in [-0.39, 0.29) is 0 Å². The van der Waals surface area contributed by atoms with Gasteiger partial charge in [0, 0.05) is 37.2 Å². The summed E-state index contributed by atoms with van der Waals surface area (Å²) in [6.07, 6.45) is 6.48. The van der Waals surface area contributed by atoms with Crippen LogP contribution in [-0.2, 0) is 7.05 Å². The van der Waals surface area contributed by atoms with E-state index in [2.05, 4.69) is 108 Å². The number of aromatic nitrogens is 1. The summed E-state index contributed by atoms with van der Waals surface area (Å²) in [5, 5.41) is 1.27. The Morgan fingerprint density at radius 3 is 2.56 bits per heavy atom. The Kier molecular flexibility index (Phi) is 6.05. The molecule has 25 heavy (non-hydrogen) atoms. The van der Waals surface area contributed by atoms with Gasteiger partial charge in [-0.1, -0.05) is 47.2 Å². The lowest BCUT2D eigenvalue weighted by Gasteiger charge is -2.18. The fourth-order valence-electron chi connectivity index (χ4n) is 2.87. The lowest BCUT2D eigenvalue weighted by atomic mass is 10.1. The zero-order valence-electron chi connectivity index (χ0n) is 14.6. The highest BCUT2D eigenvalue weighted by Crippen LogP contribution is 2.19. The Labute approximate surface area is 159 Å². The maximum Gasteiger partial charge on any atom is 0.212 e. The molecule has 1 heterocycles. The Morgan fingerprint density at radius 1 is 1.04 bits per heavy atom. The SMILES string of the molecule is CN(CCSS)c1ccc(/C=C/c2cc[n+](C)c3ccccc23)cc1. The first-order valence-corrected chi connectivity index (χ1v) is 10.4. The molecule has 0 saturated heterocycles. The molecule has 0 atom stereocenters. The molecule has 0 bridgehead atoms. The van der Waals surface area contributed by atoms with Crippen LogP contribution in [0.15, 0.2) is 60.8 Å². The minimum atomic E-state index is 0.996. The molecule has 0 saturated carbocycles. The number of rotatable bonds is 6. The van der Waals surface area contributed by atoms with Gasteiger partial charge in [0.05, 0.1) is 5.39 Å². The van der Waals surface area contributed by atoms with Crippen LogP contribution in [0.1, 0.15) is 11.1 Å². The zero-order chi connectivity index (χ0) is 17.6. The van der Waals surface area contributed by atoms with Gasteiger partial charge in [-0.2, -0.15) is 0 Å². The summed E-state index contributed by atoms with van der Waals surface area (Å²) in [6.45, 7) is 0.996. The van der Waals surface area contributed by atoms with E-state index in [9.17, 15) is 0 Å². The van der Waals surface area contributed by atoms with Gasteiger partial charge in [0.15, 0.2) is 6.20 Å². The summed E-state index contributed by atoms with van der Waals surface area (Å²) in [5.74, 6) is 1.01. The number of thiol groups is 1. The van der Waals surface area contributed by atoms with Crippen molar-refractivity contribution in [3.05, 3.63) is 71.9 Å². The summed E-state index contributed by atoms with van der Waals surface area (Å²) in [5.41, 5.74) is 4.92. The molecule has 0 radical (unpaired) electrons. The van der Waals surface area contributed by atoms with Crippen molar-refractivity contribution in [1.29, 1.82) is 0 Å². The van der Waals surface area contributed by atoms with Gasteiger partial charge in [-0.15, -0.1) is 11.7 Å². The number of anilines is 1. The number of aryl methyl sites for hydroxylation is 1. The molecule has 4 heteroatoms. The summed E-state index contributed by atoms with van der Waals surface area (Å²) >= 11 is 4.20. The van der Waals surface area contributed by atoms with E-state index in [1.807, 2.05) is 0 Å². The van der Waals surface area contributed by atoms with Crippen LogP contribution in [-0.4, -0.2) is 19.3 Å². The van der Waals surface area contributed by atoms with E-state index in [1.165, 1.54) is 27.7 Å². The summed E-state index contributed by atoms with van der Waals surface area (Å²) < 4.78 is 2.15. The molecule has 0 aliphatic rings. The Hall–Kier alpha value is -1.91. The number of fused-ring (bicyclic) bond motifs is 1. The van der Waals surface area contributed by atoms with Crippen LogP contribution in [0.4, 0.5) is 5.69 Å². The number of nitrogens with zero attached hydrogens (tertiary/aromatic N) is 2. The average Bonchev–Trinajstić information content (AvgIpc) is 2.66. The van der Waals surface area contributed by atoms with Gasteiger partial charge < -0.3 is 4.90 Å². The lowest BCUT2D eigenvalue weighted by Crippen LogP contribution is -2.28. The number of para-hydroxylation sites is 1. The zero-order valence-corrected chi connectivity index (χ0v) is 16.3. The number of hydrogen-bond donors (Lipinski definition) is 1. The molecule has 0 fully saturated rings. The molecule has 0 spiro atoms. The quantitative estimate of drug-likeness (QED) is 0.378. The number of benzene rings is 2. The van der Waals surface area contributed by atoms with Crippen LogP contribution in [0.5, 0.6) is 0 Å². The minimum absolute atomic E-state index is 0.996. The summed E-state index contributed by atoms with van der Waals surface area (Å²) in [7, 11) is 5.77. The van der Waals surface area contributed by atoms with Crippen molar-refractivity contribution < 1.29 is 4.57 Å². The van der Waals surface area contributed by atoms with Crippen LogP contribution in [0, 0.1) is 0 Å². The first-order chi connectivity index (χ1) is 12.2. The maximum atomic E-state index is 4.20. The van der Waals surface area contributed by atoms with Crippen molar-refractivity contribution in [3.8, 4) is 0 Å². The van der Waals surface area contributed by atoms with E-state index in [0.29, 0.717) is 0 Å². The minimum Gasteiger partial charge on any atom is -0.374 e. The van der Waals surface area contributed by atoms with Gasteiger partial charge >= 0.3 is 0 Å². The summed E-state index contributed by atoms with van der Waals surface area (Å²) in [6, 6.07) is 19.3. The molecule has 1 aromatic heterocycles. The second-order valence-electron chi connectivity index (χ2n) is 6.08. The third-order valence-corrected chi connectivity index (χ3v) is 5.29. The topological polar surface area (TPSA) is 7.12 Å². The van der Waals surface area contributed by atoms with Crippen LogP contribution in [0.25, 0.3) is 23.1 Å². The van der Waals surface area contributed by atoms with Crippen molar-refractivity contribution in [1.82, 2.24) is 0 Å². The van der Waals surface area contributed by atoms with Crippen molar-refractivity contribution in [2.45, 2.75) is 0 Å². The Bertz CT molecular complexity index is 873. The fraction of sp³-hybridized carbons (Fsp3) is 0.190. The van der Waals surface area contributed by atoms with E-state index in [4.69, 9.17) is 0 Å². The number of hydrogen-bond acceptors (Lipinski definition) is 3. The van der Waals surface area contributed by atoms with Crippen LogP contribution in [0.3, 0.4) is 0 Å². The molecule has 3 aromatic rings. The van der Waals surface area contributed by atoms with Gasteiger partial charge in [0.1, 0.15) is 7.05 Å². The second kappa shape index (κ2) is 8.45. The molecule has 2 nitrogen and oxygen atoms in total. The monoisotopic (exact) mass is 367 g/mol. The first-order valence-electron chi connectivity index (χ1n) is 8.32. The second-order valence-corrected chi connectivity index (χ2v) is 7.52. The predicted octanol–water partition coefficient (Wildman–Crippen LogP) is 4.85. The molecule has 0 aliphatic carbocycles. The number of pyridine rings is 1. The largest absolute Gasteiger partial charge is 0.374 e. The molecular weight excluding hydrogens is 344 g/mol. The van der Waals surface area contributed by atoms with E-state index in [0.717, 1.165) is 12.3 Å². The van der Waals surface area contributed by atoms with Gasteiger partial charge in [-0.05, 0) is 29.3 Å². The molecule has 0 N–H and O–H groups in total. The van der Waals surface area contributed by atoms with Crippen molar-refractivity contribution >= 4 is 51.2 Å². The van der Waals surface area contributed by atoms with E-state index >= 15 is 0 Å². The van der Waals surface area contributed by atoms with E-state index in [1.54, 1.807) is 10.8 Å². The Balaban J connectivity index is 1.80. The molecule has 3 rings (SSSR count). The van der Waals surface area contributed by atoms with Crippen LogP contribution in [0.2, 0.25) is 0 Å². The molecule has 0 amide bonds. The molecule has 2 aromatic carbocycles. The smallest absolute Gasteiger partial charge is 0.212 e. The maximum absolute atomic E-state index is 4.20.